The highest BCUT2D eigenvalue weighted by molar-refractivity contribution is 5.74. The second kappa shape index (κ2) is 7.99. The third kappa shape index (κ3) is 6.42. The Hall–Kier alpha value is -1.30. The number of aliphatic carboxylic acids is 1. The van der Waals surface area contributed by atoms with Gasteiger partial charge in [-0.3, -0.25) is 9.69 Å². The van der Waals surface area contributed by atoms with Gasteiger partial charge < -0.3 is 15.7 Å². The van der Waals surface area contributed by atoms with Crippen LogP contribution in [0.4, 0.5) is 4.79 Å². The van der Waals surface area contributed by atoms with Gasteiger partial charge >= 0.3 is 12.0 Å². The first-order valence-electron chi connectivity index (χ1n) is 6.96. The van der Waals surface area contributed by atoms with Gasteiger partial charge in [-0.25, -0.2) is 4.79 Å². The molecule has 0 bridgehead atoms. The summed E-state index contributed by atoms with van der Waals surface area (Å²) in [7, 11) is 0. The Kier molecular flexibility index (Phi) is 6.62. The van der Waals surface area contributed by atoms with Crippen LogP contribution >= 0.6 is 0 Å². The Bertz CT molecular complexity index is 304. The number of urea groups is 1. The highest BCUT2D eigenvalue weighted by Crippen LogP contribution is 2.10. The summed E-state index contributed by atoms with van der Waals surface area (Å²) in [5, 5.41) is 14.1. The summed E-state index contributed by atoms with van der Waals surface area (Å²) >= 11 is 0. The average molecular weight is 271 g/mol. The second-order valence-corrected chi connectivity index (χ2v) is 5.39. The lowest BCUT2D eigenvalue weighted by Gasteiger charge is -2.24. The van der Waals surface area contributed by atoms with E-state index in [0.717, 1.165) is 13.1 Å². The number of carboxylic acids is 1. The van der Waals surface area contributed by atoms with Gasteiger partial charge in [-0.1, -0.05) is 6.92 Å². The van der Waals surface area contributed by atoms with Crippen LogP contribution < -0.4 is 10.6 Å². The molecule has 6 nitrogen and oxygen atoms in total. The van der Waals surface area contributed by atoms with Crippen molar-refractivity contribution in [3.8, 4) is 0 Å². The SMILES string of the molecule is CC(CNC(=O)NCC(C)N1CCCC1)CC(=O)O. The van der Waals surface area contributed by atoms with Crippen LogP contribution in [0.25, 0.3) is 0 Å². The normalized spacial score (nSPS) is 18.8. The number of rotatable bonds is 7. The summed E-state index contributed by atoms with van der Waals surface area (Å²) < 4.78 is 0. The van der Waals surface area contributed by atoms with E-state index in [2.05, 4.69) is 22.5 Å². The van der Waals surface area contributed by atoms with Gasteiger partial charge in [0.15, 0.2) is 0 Å². The van der Waals surface area contributed by atoms with Gasteiger partial charge in [0.2, 0.25) is 0 Å². The Labute approximate surface area is 114 Å². The van der Waals surface area contributed by atoms with Crippen LogP contribution in [0.5, 0.6) is 0 Å². The van der Waals surface area contributed by atoms with Crippen LogP contribution in [0.3, 0.4) is 0 Å². The van der Waals surface area contributed by atoms with Crippen molar-refractivity contribution in [3.05, 3.63) is 0 Å². The summed E-state index contributed by atoms with van der Waals surface area (Å²) in [4.78, 5) is 24.4. The molecule has 0 aromatic rings. The van der Waals surface area contributed by atoms with Gasteiger partial charge in [-0.15, -0.1) is 0 Å². The first-order chi connectivity index (χ1) is 8.99. The van der Waals surface area contributed by atoms with Crippen LogP contribution in [-0.2, 0) is 4.79 Å². The van der Waals surface area contributed by atoms with E-state index >= 15 is 0 Å². The number of likely N-dealkylation sites (tertiary alicyclic amines) is 1. The smallest absolute Gasteiger partial charge is 0.314 e. The summed E-state index contributed by atoms with van der Waals surface area (Å²) in [6, 6.07) is 0.132. The maximum Gasteiger partial charge on any atom is 0.314 e. The lowest BCUT2D eigenvalue weighted by atomic mass is 10.1. The Balaban J connectivity index is 2.11. The van der Waals surface area contributed by atoms with E-state index in [0.29, 0.717) is 19.1 Å². The maximum atomic E-state index is 11.6. The minimum atomic E-state index is -0.836. The zero-order valence-electron chi connectivity index (χ0n) is 11.8. The molecule has 1 rings (SSSR count). The molecule has 1 aliphatic heterocycles. The third-order valence-corrected chi connectivity index (χ3v) is 3.46. The summed E-state index contributed by atoms with van der Waals surface area (Å²) in [5.41, 5.74) is 0. The molecule has 0 radical (unpaired) electrons. The average Bonchev–Trinajstić information content (AvgIpc) is 2.86. The minimum Gasteiger partial charge on any atom is -0.481 e. The largest absolute Gasteiger partial charge is 0.481 e. The van der Waals surface area contributed by atoms with Crippen molar-refractivity contribution in [2.24, 2.45) is 5.92 Å². The van der Waals surface area contributed by atoms with Crippen molar-refractivity contribution in [1.82, 2.24) is 15.5 Å². The van der Waals surface area contributed by atoms with Crippen molar-refractivity contribution in [2.75, 3.05) is 26.2 Å². The van der Waals surface area contributed by atoms with Gasteiger partial charge in [0.1, 0.15) is 0 Å². The van der Waals surface area contributed by atoms with Crippen molar-refractivity contribution in [2.45, 2.75) is 39.2 Å². The molecule has 0 spiro atoms. The molecule has 6 heteroatoms. The van der Waals surface area contributed by atoms with Gasteiger partial charge in [0, 0.05) is 25.6 Å². The molecule has 1 aliphatic rings. The lowest BCUT2D eigenvalue weighted by Crippen LogP contribution is -2.45. The zero-order valence-corrected chi connectivity index (χ0v) is 11.8. The molecule has 0 aromatic carbocycles. The predicted molar refractivity (Wildman–Crippen MR) is 73.1 cm³/mol. The second-order valence-electron chi connectivity index (χ2n) is 5.39. The van der Waals surface area contributed by atoms with Crippen molar-refractivity contribution in [1.29, 1.82) is 0 Å². The molecule has 1 saturated heterocycles. The predicted octanol–water partition coefficient (Wildman–Crippen LogP) is 0.881. The number of hydrogen-bond acceptors (Lipinski definition) is 3. The van der Waals surface area contributed by atoms with Crippen molar-refractivity contribution >= 4 is 12.0 Å². The highest BCUT2D eigenvalue weighted by Gasteiger charge is 2.18. The standard InChI is InChI=1S/C13H25N3O3/c1-10(7-12(17)18)8-14-13(19)15-9-11(2)16-5-3-4-6-16/h10-11H,3-9H2,1-2H3,(H,17,18)(H2,14,15,19). The number of carbonyl (C=O) groups excluding carboxylic acids is 1. The third-order valence-electron chi connectivity index (χ3n) is 3.46. The molecule has 110 valence electrons. The van der Waals surface area contributed by atoms with Crippen LogP contribution in [0.1, 0.15) is 33.1 Å². The van der Waals surface area contributed by atoms with E-state index in [9.17, 15) is 9.59 Å². The number of carboxylic acid groups (broad SMARTS) is 1. The fourth-order valence-electron chi connectivity index (χ4n) is 2.25. The Morgan fingerprint density at radius 1 is 1.16 bits per heavy atom. The van der Waals surface area contributed by atoms with Gasteiger partial charge in [0.25, 0.3) is 0 Å². The first kappa shape index (κ1) is 15.8. The summed E-state index contributed by atoms with van der Waals surface area (Å²) in [6.07, 6.45) is 2.55. The number of hydrogen-bond donors (Lipinski definition) is 3. The molecule has 2 amide bonds. The van der Waals surface area contributed by atoms with Gasteiger partial charge in [-0.2, -0.15) is 0 Å². The van der Waals surface area contributed by atoms with E-state index < -0.39 is 5.97 Å². The van der Waals surface area contributed by atoms with Crippen LogP contribution in [-0.4, -0.2) is 54.2 Å². The minimum absolute atomic E-state index is 0.0562. The number of nitrogens with one attached hydrogen (secondary N) is 2. The molecular weight excluding hydrogens is 246 g/mol. The van der Waals surface area contributed by atoms with E-state index in [1.54, 1.807) is 6.92 Å². The molecule has 2 unspecified atom stereocenters. The molecule has 0 saturated carbocycles. The maximum absolute atomic E-state index is 11.6. The molecule has 1 fully saturated rings. The number of nitrogens with zero attached hydrogens (tertiary/aromatic N) is 1. The number of amides is 2. The van der Waals surface area contributed by atoms with E-state index in [1.165, 1.54) is 12.8 Å². The zero-order chi connectivity index (χ0) is 14.3. The number of carbonyl (C=O) groups is 2. The molecular formula is C13H25N3O3. The molecule has 1 heterocycles. The van der Waals surface area contributed by atoms with Gasteiger partial charge in [-0.05, 0) is 38.8 Å². The van der Waals surface area contributed by atoms with E-state index in [4.69, 9.17) is 5.11 Å². The fourth-order valence-corrected chi connectivity index (χ4v) is 2.25. The Morgan fingerprint density at radius 2 is 1.74 bits per heavy atom. The molecule has 0 aliphatic carbocycles. The van der Waals surface area contributed by atoms with E-state index in [-0.39, 0.29) is 18.4 Å². The molecule has 0 aromatic heterocycles. The molecule has 2 atom stereocenters. The van der Waals surface area contributed by atoms with Crippen LogP contribution in [0.2, 0.25) is 0 Å². The van der Waals surface area contributed by atoms with Crippen LogP contribution in [0, 0.1) is 5.92 Å². The fraction of sp³-hybridized carbons (Fsp3) is 0.846. The first-order valence-corrected chi connectivity index (χ1v) is 6.96. The quantitative estimate of drug-likeness (QED) is 0.642. The summed E-state index contributed by atoms with van der Waals surface area (Å²) in [5.74, 6) is -0.892. The van der Waals surface area contributed by atoms with Gasteiger partial charge in [0.05, 0.1) is 0 Å². The highest BCUT2D eigenvalue weighted by atomic mass is 16.4. The Morgan fingerprint density at radius 3 is 2.32 bits per heavy atom. The summed E-state index contributed by atoms with van der Waals surface area (Å²) in [6.45, 7) is 7.15. The molecule has 3 N–H and O–H groups in total. The van der Waals surface area contributed by atoms with Crippen LogP contribution in [0.15, 0.2) is 0 Å². The van der Waals surface area contributed by atoms with Crippen molar-refractivity contribution in [3.63, 3.8) is 0 Å². The molecule has 19 heavy (non-hydrogen) atoms. The van der Waals surface area contributed by atoms with E-state index in [1.807, 2.05) is 0 Å². The monoisotopic (exact) mass is 271 g/mol. The lowest BCUT2D eigenvalue weighted by molar-refractivity contribution is -0.137. The van der Waals surface area contributed by atoms with Crippen molar-refractivity contribution < 1.29 is 14.7 Å². The topological polar surface area (TPSA) is 81.7 Å².